The maximum atomic E-state index is 13.6. The minimum atomic E-state index is -1.58. The Bertz CT molecular complexity index is 890. The van der Waals surface area contributed by atoms with E-state index in [-0.39, 0.29) is 11.1 Å². The average molecular weight is 335 g/mol. The molecule has 0 spiro atoms. The Balaban J connectivity index is 1.79. The van der Waals surface area contributed by atoms with E-state index in [0.717, 1.165) is 18.2 Å². The number of aromatic nitrogens is 2. The van der Waals surface area contributed by atoms with Crippen molar-refractivity contribution in [2.24, 2.45) is 0 Å². The molecule has 1 aromatic heterocycles. The van der Waals surface area contributed by atoms with Gasteiger partial charge in [-0.2, -0.15) is 0 Å². The standard InChI is InChI=1S/C16H12F3N3O2/c17-8-4-9(15-12(5-8)21-7-22-15)16(24)20-6-13(23)14-10(18)2-1-3-11(14)19/h1-5,7,13,23H,6H2,(H,20,24)(H,21,22). The Hall–Kier alpha value is -2.87. The number of hydrogen-bond acceptors (Lipinski definition) is 3. The van der Waals surface area contributed by atoms with Crippen LogP contribution in [0.15, 0.2) is 36.7 Å². The third-order valence-electron chi connectivity index (χ3n) is 3.52. The lowest BCUT2D eigenvalue weighted by atomic mass is 10.1. The van der Waals surface area contributed by atoms with Gasteiger partial charge in [0.05, 0.1) is 23.0 Å². The van der Waals surface area contributed by atoms with Crippen LogP contribution in [0.3, 0.4) is 0 Å². The van der Waals surface area contributed by atoms with Crippen molar-refractivity contribution in [3.05, 3.63) is 65.2 Å². The lowest BCUT2D eigenvalue weighted by Crippen LogP contribution is -2.29. The number of benzene rings is 2. The summed E-state index contributed by atoms with van der Waals surface area (Å²) in [5.74, 6) is -3.20. The van der Waals surface area contributed by atoms with Crippen LogP contribution < -0.4 is 5.32 Å². The normalized spacial score (nSPS) is 12.3. The highest BCUT2D eigenvalue weighted by atomic mass is 19.1. The molecule has 0 saturated heterocycles. The number of carbonyl (C=O) groups excluding carboxylic acids is 1. The molecule has 1 heterocycles. The van der Waals surface area contributed by atoms with Crippen molar-refractivity contribution in [1.29, 1.82) is 0 Å². The van der Waals surface area contributed by atoms with Gasteiger partial charge in [-0.3, -0.25) is 4.79 Å². The maximum Gasteiger partial charge on any atom is 0.253 e. The molecule has 24 heavy (non-hydrogen) atoms. The summed E-state index contributed by atoms with van der Waals surface area (Å²) in [4.78, 5) is 18.8. The number of rotatable bonds is 4. The van der Waals surface area contributed by atoms with Gasteiger partial charge in [-0.25, -0.2) is 18.2 Å². The number of imidazole rings is 1. The zero-order chi connectivity index (χ0) is 17.3. The van der Waals surface area contributed by atoms with Gasteiger partial charge in [-0.15, -0.1) is 0 Å². The number of H-pyrrole nitrogens is 1. The number of aliphatic hydroxyl groups excluding tert-OH is 1. The van der Waals surface area contributed by atoms with E-state index in [2.05, 4.69) is 15.3 Å². The minimum absolute atomic E-state index is 0.0487. The molecule has 3 rings (SSSR count). The number of hydrogen-bond donors (Lipinski definition) is 3. The Morgan fingerprint density at radius 3 is 2.67 bits per heavy atom. The minimum Gasteiger partial charge on any atom is -0.386 e. The van der Waals surface area contributed by atoms with Gasteiger partial charge in [0.1, 0.15) is 29.1 Å². The molecule has 3 N–H and O–H groups in total. The number of fused-ring (bicyclic) bond motifs is 1. The molecular formula is C16H12F3N3O2. The second-order valence-electron chi connectivity index (χ2n) is 5.11. The molecule has 0 radical (unpaired) electrons. The second kappa shape index (κ2) is 6.32. The fraction of sp³-hybridized carbons (Fsp3) is 0.125. The fourth-order valence-corrected chi connectivity index (χ4v) is 2.40. The molecular weight excluding hydrogens is 323 g/mol. The number of carbonyl (C=O) groups is 1. The van der Waals surface area contributed by atoms with Crippen LogP contribution in [-0.4, -0.2) is 27.5 Å². The molecule has 8 heteroatoms. The zero-order valence-electron chi connectivity index (χ0n) is 12.2. The first-order chi connectivity index (χ1) is 11.5. The zero-order valence-corrected chi connectivity index (χ0v) is 12.2. The fourth-order valence-electron chi connectivity index (χ4n) is 2.40. The Labute approximate surface area is 134 Å². The van der Waals surface area contributed by atoms with Crippen molar-refractivity contribution in [1.82, 2.24) is 15.3 Å². The number of aromatic amines is 1. The van der Waals surface area contributed by atoms with Crippen molar-refractivity contribution in [3.63, 3.8) is 0 Å². The summed E-state index contributed by atoms with van der Waals surface area (Å²) in [6.07, 6.45) is -0.275. The second-order valence-corrected chi connectivity index (χ2v) is 5.11. The van der Waals surface area contributed by atoms with Gasteiger partial charge in [0.25, 0.3) is 5.91 Å². The van der Waals surface area contributed by atoms with Crippen LogP contribution in [0.2, 0.25) is 0 Å². The summed E-state index contributed by atoms with van der Waals surface area (Å²) in [5, 5.41) is 12.2. The Morgan fingerprint density at radius 1 is 1.25 bits per heavy atom. The molecule has 0 aliphatic heterocycles. The number of aliphatic hydroxyl groups is 1. The van der Waals surface area contributed by atoms with Gasteiger partial charge in [0.15, 0.2) is 0 Å². The van der Waals surface area contributed by atoms with Crippen molar-refractivity contribution in [3.8, 4) is 0 Å². The van der Waals surface area contributed by atoms with Crippen LogP contribution in [-0.2, 0) is 0 Å². The third kappa shape index (κ3) is 2.95. The van der Waals surface area contributed by atoms with Crippen molar-refractivity contribution in [2.75, 3.05) is 6.54 Å². The smallest absolute Gasteiger partial charge is 0.253 e. The molecule has 0 bridgehead atoms. The highest BCUT2D eigenvalue weighted by Gasteiger charge is 2.20. The lowest BCUT2D eigenvalue weighted by molar-refractivity contribution is 0.0912. The van der Waals surface area contributed by atoms with Crippen molar-refractivity contribution in [2.45, 2.75) is 6.10 Å². The monoisotopic (exact) mass is 335 g/mol. The summed E-state index contributed by atoms with van der Waals surface area (Å²) < 4.78 is 40.7. The highest BCUT2D eigenvalue weighted by Crippen LogP contribution is 2.21. The first-order valence-electron chi connectivity index (χ1n) is 7.00. The van der Waals surface area contributed by atoms with E-state index in [1.54, 1.807) is 0 Å². The summed E-state index contributed by atoms with van der Waals surface area (Å²) in [5.41, 5.74) is -0.00396. The molecule has 1 amide bonds. The highest BCUT2D eigenvalue weighted by molar-refractivity contribution is 6.04. The Kier molecular flexibility index (Phi) is 4.22. The molecule has 0 saturated carbocycles. The quantitative estimate of drug-likeness (QED) is 0.685. The van der Waals surface area contributed by atoms with Gasteiger partial charge >= 0.3 is 0 Å². The molecule has 2 aromatic carbocycles. The average Bonchev–Trinajstić information content (AvgIpc) is 2.99. The van der Waals surface area contributed by atoms with Crippen LogP contribution in [0.25, 0.3) is 11.0 Å². The van der Waals surface area contributed by atoms with E-state index in [1.807, 2.05) is 0 Å². The maximum absolute atomic E-state index is 13.6. The Morgan fingerprint density at radius 2 is 1.96 bits per heavy atom. The molecule has 5 nitrogen and oxygen atoms in total. The van der Waals surface area contributed by atoms with E-state index in [0.29, 0.717) is 5.52 Å². The number of nitrogens with one attached hydrogen (secondary N) is 2. The first kappa shape index (κ1) is 16.0. The topological polar surface area (TPSA) is 78.0 Å². The first-order valence-corrected chi connectivity index (χ1v) is 7.00. The van der Waals surface area contributed by atoms with Gasteiger partial charge in [0, 0.05) is 6.54 Å². The number of nitrogens with zero attached hydrogens (tertiary/aromatic N) is 1. The summed E-state index contributed by atoms with van der Waals surface area (Å²) in [6, 6.07) is 5.35. The van der Waals surface area contributed by atoms with Crippen molar-refractivity contribution >= 4 is 16.9 Å². The largest absolute Gasteiger partial charge is 0.386 e. The molecule has 1 atom stereocenters. The molecule has 124 valence electrons. The summed E-state index contributed by atoms with van der Waals surface area (Å²) in [7, 11) is 0. The van der Waals surface area contributed by atoms with E-state index in [9.17, 15) is 23.1 Å². The predicted octanol–water partition coefficient (Wildman–Crippen LogP) is 2.44. The number of halogens is 3. The molecule has 0 fully saturated rings. The molecule has 0 aliphatic rings. The third-order valence-corrected chi connectivity index (χ3v) is 3.52. The van der Waals surface area contributed by atoms with E-state index in [1.165, 1.54) is 18.5 Å². The van der Waals surface area contributed by atoms with Crippen LogP contribution >= 0.6 is 0 Å². The lowest BCUT2D eigenvalue weighted by Gasteiger charge is -2.14. The van der Waals surface area contributed by atoms with Gasteiger partial charge in [-0.1, -0.05) is 6.07 Å². The predicted molar refractivity (Wildman–Crippen MR) is 79.7 cm³/mol. The molecule has 0 aliphatic carbocycles. The van der Waals surface area contributed by atoms with Crippen LogP contribution in [0.4, 0.5) is 13.2 Å². The van der Waals surface area contributed by atoms with E-state index < -0.39 is 41.6 Å². The van der Waals surface area contributed by atoms with Gasteiger partial charge < -0.3 is 15.4 Å². The van der Waals surface area contributed by atoms with E-state index >= 15 is 0 Å². The van der Waals surface area contributed by atoms with Crippen LogP contribution in [0.5, 0.6) is 0 Å². The summed E-state index contributed by atoms with van der Waals surface area (Å²) in [6.45, 7) is -0.445. The van der Waals surface area contributed by atoms with Crippen LogP contribution in [0, 0.1) is 17.5 Å². The van der Waals surface area contributed by atoms with Crippen molar-refractivity contribution < 1.29 is 23.1 Å². The molecule has 3 aromatic rings. The van der Waals surface area contributed by atoms with Crippen LogP contribution in [0.1, 0.15) is 22.0 Å². The molecule has 1 unspecified atom stereocenters. The number of amides is 1. The summed E-state index contributed by atoms with van der Waals surface area (Å²) >= 11 is 0. The SMILES string of the molecule is O=C(NCC(O)c1c(F)cccc1F)c1cc(F)cc2[nH]cnc12. The van der Waals surface area contributed by atoms with E-state index in [4.69, 9.17) is 0 Å². The van der Waals surface area contributed by atoms with Gasteiger partial charge in [0.2, 0.25) is 0 Å². The van der Waals surface area contributed by atoms with Gasteiger partial charge in [-0.05, 0) is 24.3 Å².